The third kappa shape index (κ3) is 6.29. The number of nitrogens with one attached hydrogen (secondary N) is 1. The Morgan fingerprint density at radius 2 is 1.79 bits per heavy atom. The molecule has 152 valence electrons. The van der Waals surface area contributed by atoms with Crippen molar-refractivity contribution in [3.05, 3.63) is 64.9 Å². The number of carbonyl (C=O) groups excluding carboxylic acids is 1. The fourth-order valence-corrected chi connectivity index (χ4v) is 4.12. The number of carbonyl (C=O) groups is 1. The number of unbranched alkanes of at least 4 members (excludes halogenated alkanes) is 2. The van der Waals surface area contributed by atoms with Crippen LogP contribution in [0.5, 0.6) is 0 Å². The van der Waals surface area contributed by atoms with Crippen LogP contribution in [0.15, 0.2) is 53.4 Å². The van der Waals surface area contributed by atoms with Gasteiger partial charge >= 0.3 is 0 Å². The van der Waals surface area contributed by atoms with Crippen LogP contribution >= 0.6 is 11.6 Å². The Morgan fingerprint density at radius 1 is 1.11 bits per heavy atom. The summed E-state index contributed by atoms with van der Waals surface area (Å²) in [4.78, 5) is 12.3. The predicted molar refractivity (Wildman–Crippen MR) is 108 cm³/mol. The number of nitrogens with zero attached hydrogens (tertiary/aromatic N) is 1. The summed E-state index contributed by atoms with van der Waals surface area (Å²) >= 11 is 5.84. The van der Waals surface area contributed by atoms with E-state index in [1.165, 1.54) is 42.5 Å². The van der Waals surface area contributed by atoms with E-state index >= 15 is 0 Å². The first-order chi connectivity index (χ1) is 13.3. The molecule has 2 aromatic carbocycles. The normalized spacial score (nSPS) is 11.6. The molecule has 0 atom stereocenters. The van der Waals surface area contributed by atoms with Crippen LogP contribution in [0.25, 0.3) is 0 Å². The molecular formula is C20H24ClFN2O3S. The molecule has 0 saturated carbocycles. The van der Waals surface area contributed by atoms with Gasteiger partial charge in [-0.1, -0.05) is 49.6 Å². The number of hydrogen-bond donors (Lipinski definition) is 1. The van der Waals surface area contributed by atoms with E-state index < -0.39 is 28.3 Å². The van der Waals surface area contributed by atoms with Crippen molar-refractivity contribution < 1.29 is 17.6 Å². The first kappa shape index (κ1) is 22.3. The minimum atomic E-state index is -4.02. The molecule has 8 heteroatoms. The van der Waals surface area contributed by atoms with Crippen LogP contribution in [0.1, 0.15) is 31.7 Å². The van der Waals surface area contributed by atoms with E-state index in [4.69, 9.17) is 11.6 Å². The van der Waals surface area contributed by atoms with E-state index in [1.54, 1.807) is 6.07 Å². The molecule has 0 bridgehead atoms. The van der Waals surface area contributed by atoms with Crippen molar-refractivity contribution in [2.24, 2.45) is 0 Å². The van der Waals surface area contributed by atoms with Crippen molar-refractivity contribution in [2.45, 2.75) is 37.6 Å². The van der Waals surface area contributed by atoms with E-state index in [0.717, 1.165) is 23.6 Å². The summed E-state index contributed by atoms with van der Waals surface area (Å²) in [6, 6.07) is 11.6. The second kappa shape index (κ2) is 10.5. The third-order valence-electron chi connectivity index (χ3n) is 4.18. The minimum Gasteiger partial charge on any atom is -0.355 e. The van der Waals surface area contributed by atoms with E-state index in [0.29, 0.717) is 11.6 Å². The lowest BCUT2D eigenvalue weighted by atomic mass is 10.2. The predicted octanol–water partition coefficient (Wildman–Crippen LogP) is 3.98. The summed E-state index contributed by atoms with van der Waals surface area (Å²) in [5.41, 5.74) is 0.193. The lowest BCUT2D eigenvalue weighted by Crippen LogP contribution is -2.40. The number of benzene rings is 2. The summed E-state index contributed by atoms with van der Waals surface area (Å²) in [6.45, 7) is 1.88. The fraction of sp³-hybridized carbons (Fsp3) is 0.350. The van der Waals surface area contributed by atoms with Crippen molar-refractivity contribution >= 4 is 27.5 Å². The van der Waals surface area contributed by atoms with E-state index in [9.17, 15) is 17.6 Å². The van der Waals surface area contributed by atoms with Crippen molar-refractivity contribution in [3.63, 3.8) is 0 Å². The molecule has 0 heterocycles. The molecule has 0 spiro atoms. The number of halogens is 2. The topological polar surface area (TPSA) is 66.5 Å². The molecule has 0 aliphatic rings. The zero-order chi connectivity index (χ0) is 20.6. The van der Waals surface area contributed by atoms with E-state index in [-0.39, 0.29) is 17.0 Å². The molecule has 5 nitrogen and oxygen atoms in total. The van der Waals surface area contributed by atoms with Crippen molar-refractivity contribution in [3.8, 4) is 0 Å². The van der Waals surface area contributed by atoms with Gasteiger partial charge in [0.25, 0.3) is 0 Å². The highest BCUT2D eigenvalue weighted by Gasteiger charge is 2.27. The Morgan fingerprint density at radius 3 is 2.43 bits per heavy atom. The van der Waals surface area contributed by atoms with Crippen LogP contribution in [0.4, 0.5) is 4.39 Å². The highest BCUT2D eigenvalue weighted by atomic mass is 35.5. The lowest BCUT2D eigenvalue weighted by molar-refractivity contribution is -0.121. The summed E-state index contributed by atoms with van der Waals surface area (Å²) in [7, 11) is -4.02. The van der Waals surface area contributed by atoms with Gasteiger partial charge in [-0.15, -0.1) is 0 Å². The monoisotopic (exact) mass is 426 g/mol. The highest BCUT2D eigenvalue weighted by molar-refractivity contribution is 7.89. The zero-order valence-corrected chi connectivity index (χ0v) is 17.3. The lowest BCUT2D eigenvalue weighted by Gasteiger charge is -2.22. The van der Waals surface area contributed by atoms with Crippen LogP contribution < -0.4 is 5.32 Å². The van der Waals surface area contributed by atoms with Crippen LogP contribution in [-0.2, 0) is 21.4 Å². The van der Waals surface area contributed by atoms with Crippen LogP contribution in [0.2, 0.25) is 5.02 Å². The molecule has 0 unspecified atom stereocenters. The first-order valence-electron chi connectivity index (χ1n) is 9.10. The Kier molecular flexibility index (Phi) is 8.41. The molecular weight excluding hydrogens is 403 g/mol. The van der Waals surface area contributed by atoms with Gasteiger partial charge in [-0.25, -0.2) is 12.8 Å². The van der Waals surface area contributed by atoms with Crippen LogP contribution in [-0.4, -0.2) is 31.7 Å². The molecule has 1 N–H and O–H groups in total. The zero-order valence-electron chi connectivity index (χ0n) is 15.7. The Balaban J connectivity index is 2.23. The fourth-order valence-electron chi connectivity index (χ4n) is 2.62. The maximum absolute atomic E-state index is 14.1. The standard InChI is InChI=1S/C20H24ClFN2O3S/c1-2-3-6-13-23-20(25)15-24(14-16-7-4-5-8-19(16)22)28(26,27)18-11-9-17(21)10-12-18/h4-5,7-12H,2-3,6,13-15H2,1H3,(H,23,25). The van der Waals surface area contributed by atoms with Gasteiger partial charge in [0.05, 0.1) is 11.4 Å². The molecule has 1 amide bonds. The van der Waals surface area contributed by atoms with E-state index in [1.807, 2.05) is 0 Å². The third-order valence-corrected chi connectivity index (χ3v) is 6.24. The second-order valence-corrected chi connectivity index (χ2v) is 8.75. The van der Waals surface area contributed by atoms with Crippen molar-refractivity contribution in [2.75, 3.05) is 13.1 Å². The van der Waals surface area contributed by atoms with Gasteiger partial charge in [0.1, 0.15) is 5.82 Å². The van der Waals surface area contributed by atoms with E-state index in [2.05, 4.69) is 12.2 Å². The van der Waals surface area contributed by atoms with Gasteiger partial charge in [0.15, 0.2) is 0 Å². The van der Waals surface area contributed by atoms with Gasteiger partial charge < -0.3 is 5.32 Å². The van der Waals surface area contributed by atoms with Crippen LogP contribution in [0, 0.1) is 5.82 Å². The number of amides is 1. The average molecular weight is 427 g/mol. The molecule has 2 aromatic rings. The van der Waals surface area contributed by atoms with Crippen LogP contribution in [0.3, 0.4) is 0 Å². The van der Waals surface area contributed by atoms with Crippen molar-refractivity contribution in [1.82, 2.24) is 9.62 Å². The van der Waals surface area contributed by atoms with Gasteiger partial charge in [-0.2, -0.15) is 4.31 Å². The van der Waals surface area contributed by atoms with Gasteiger partial charge in [-0.05, 0) is 36.8 Å². The maximum atomic E-state index is 14.1. The summed E-state index contributed by atoms with van der Waals surface area (Å²) in [5.74, 6) is -0.952. The molecule has 0 radical (unpaired) electrons. The molecule has 0 aromatic heterocycles. The number of rotatable bonds is 10. The Labute approximate surface area is 170 Å². The Bertz CT molecular complexity index is 889. The average Bonchev–Trinajstić information content (AvgIpc) is 2.66. The number of sulfonamides is 1. The molecule has 0 aliphatic heterocycles. The quantitative estimate of drug-likeness (QED) is 0.584. The second-order valence-electron chi connectivity index (χ2n) is 6.38. The Hall–Kier alpha value is -1.96. The van der Waals surface area contributed by atoms with Gasteiger partial charge in [0.2, 0.25) is 15.9 Å². The molecule has 2 rings (SSSR count). The molecule has 0 aliphatic carbocycles. The smallest absolute Gasteiger partial charge is 0.243 e. The minimum absolute atomic E-state index is 0.00739. The first-order valence-corrected chi connectivity index (χ1v) is 10.9. The summed E-state index contributed by atoms with van der Waals surface area (Å²) in [6.07, 6.45) is 2.81. The molecule has 0 fully saturated rings. The van der Waals surface area contributed by atoms with Crippen molar-refractivity contribution in [1.29, 1.82) is 0 Å². The van der Waals surface area contributed by atoms with Gasteiger partial charge in [0, 0.05) is 23.7 Å². The summed E-state index contributed by atoms with van der Waals surface area (Å²) < 4.78 is 41.2. The highest BCUT2D eigenvalue weighted by Crippen LogP contribution is 2.21. The molecule has 0 saturated heterocycles. The summed E-state index contributed by atoms with van der Waals surface area (Å²) in [5, 5.41) is 3.12. The largest absolute Gasteiger partial charge is 0.355 e. The SMILES string of the molecule is CCCCCNC(=O)CN(Cc1ccccc1F)S(=O)(=O)c1ccc(Cl)cc1. The number of hydrogen-bond acceptors (Lipinski definition) is 3. The van der Waals surface area contributed by atoms with Gasteiger partial charge in [-0.3, -0.25) is 4.79 Å². The molecule has 28 heavy (non-hydrogen) atoms. The maximum Gasteiger partial charge on any atom is 0.243 e.